The number of carboxylic acid groups (broad SMARTS) is 1. The number of halogens is 1. The van der Waals surface area contributed by atoms with Crippen molar-refractivity contribution in [1.29, 1.82) is 0 Å². The van der Waals surface area contributed by atoms with E-state index in [1.807, 2.05) is 11.0 Å². The molecule has 2 aliphatic rings. The number of aliphatic carboxylic acids is 1. The molecule has 5 nitrogen and oxygen atoms in total. The lowest BCUT2D eigenvalue weighted by atomic mass is 9.97. The average molecular weight is 294 g/mol. The van der Waals surface area contributed by atoms with Crippen LogP contribution in [0.1, 0.15) is 12.8 Å². The molecule has 0 aliphatic carbocycles. The van der Waals surface area contributed by atoms with Crippen molar-refractivity contribution in [3.63, 3.8) is 0 Å². The van der Waals surface area contributed by atoms with E-state index in [1.54, 1.807) is 6.07 Å². The summed E-state index contributed by atoms with van der Waals surface area (Å²) in [7, 11) is 0. The SMILES string of the molecule is O=C(O)CN1CCC2(CC(Nc3cccc(F)c3)CO2)C1. The Kier molecular flexibility index (Phi) is 3.82. The molecular weight excluding hydrogens is 275 g/mol. The van der Waals surface area contributed by atoms with Crippen molar-refractivity contribution in [3.05, 3.63) is 30.1 Å². The second kappa shape index (κ2) is 5.61. The Morgan fingerprint density at radius 3 is 3.19 bits per heavy atom. The molecule has 2 N–H and O–H groups in total. The molecule has 2 saturated heterocycles. The monoisotopic (exact) mass is 294 g/mol. The third-order valence-corrected chi connectivity index (χ3v) is 4.16. The largest absolute Gasteiger partial charge is 0.480 e. The van der Waals surface area contributed by atoms with Gasteiger partial charge in [-0.05, 0) is 24.6 Å². The van der Waals surface area contributed by atoms with E-state index in [2.05, 4.69) is 5.32 Å². The van der Waals surface area contributed by atoms with Crippen LogP contribution in [0.25, 0.3) is 0 Å². The molecule has 114 valence electrons. The smallest absolute Gasteiger partial charge is 0.317 e. The van der Waals surface area contributed by atoms with Gasteiger partial charge < -0.3 is 15.2 Å². The lowest BCUT2D eigenvalue weighted by Crippen LogP contribution is -2.35. The second-order valence-electron chi connectivity index (χ2n) is 5.90. The minimum Gasteiger partial charge on any atom is -0.480 e. The molecule has 3 rings (SSSR count). The standard InChI is InChI=1S/C15H19FN2O3/c16-11-2-1-3-12(6-11)17-13-7-15(21-9-13)4-5-18(10-15)8-14(19)20/h1-3,6,13,17H,4-5,7-10H2,(H,19,20). The van der Waals surface area contributed by atoms with Gasteiger partial charge in [0.2, 0.25) is 0 Å². The Balaban J connectivity index is 1.57. The number of carbonyl (C=O) groups is 1. The summed E-state index contributed by atoms with van der Waals surface area (Å²) >= 11 is 0. The van der Waals surface area contributed by atoms with Gasteiger partial charge in [-0.3, -0.25) is 9.69 Å². The van der Waals surface area contributed by atoms with Crippen LogP contribution in [0.15, 0.2) is 24.3 Å². The Bertz CT molecular complexity index is 539. The van der Waals surface area contributed by atoms with Crippen molar-refractivity contribution in [3.8, 4) is 0 Å². The van der Waals surface area contributed by atoms with Gasteiger partial charge in [0.25, 0.3) is 0 Å². The summed E-state index contributed by atoms with van der Waals surface area (Å²) in [5.41, 5.74) is 0.501. The molecule has 2 atom stereocenters. The number of likely N-dealkylation sites (tertiary alicyclic amines) is 1. The van der Waals surface area contributed by atoms with E-state index in [4.69, 9.17) is 9.84 Å². The summed E-state index contributed by atoms with van der Waals surface area (Å²) in [6, 6.07) is 6.53. The average Bonchev–Trinajstić information content (AvgIpc) is 2.97. The quantitative estimate of drug-likeness (QED) is 0.882. The molecule has 0 bridgehead atoms. The Morgan fingerprint density at radius 2 is 2.43 bits per heavy atom. The van der Waals surface area contributed by atoms with Crippen molar-refractivity contribution in [2.24, 2.45) is 0 Å². The highest BCUT2D eigenvalue weighted by molar-refractivity contribution is 5.69. The molecule has 2 fully saturated rings. The van der Waals surface area contributed by atoms with Crippen molar-refractivity contribution in [1.82, 2.24) is 4.90 Å². The van der Waals surface area contributed by atoms with Crippen molar-refractivity contribution in [2.75, 3.05) is 31.6 Å². The van der Waals surface area contributed by atoms with Crippen LogP contribution in [0.5, 0.6) is 0 Å². The van der Waals surface area contributed by atoms with Crippen molar-refractivity contribution in [2.45, 2.75) is 24.5 Å². The zero-order valence-electron chi connectivity index (χ0n) is 11.7. The highest BCUT2D eigenvalue weighted by atomic mass is 19.1. The minimum absolute atomic E-state index is 0.0626. The molecule has 0 radical (unpaired) electrons. The summed E-state index contributed by atoms with van der Waals surface area (Å²) in [6.07, 6.45) is 1.67. The summed E-state index contributed by atoms with van der Waals surface area (Å²) in [6.45, 7) is 2.03. The predicted octanol–water partition coefficient (Wildman–Crippen LogP) is 1.56. The van der Waals surface area contributed by atoms with Gasteiger partial charge >= 0.3 is 5.97 Å². The fraction of sp³-hybridized carbons (Fsp3) is 0.533. The number of hydrogen-bond acceptors (Lipinski definition) is 4. The maximum absolute atomic E-state index is 13.2. The number of nitrogens with zero attached hydrogens (tertiary/aromatic N) is 1. The van der Waals surface area contributed by atoms with Crippen LogP contribution < -0.4 is 5.32 Å². The van der Waals surface area contributed by atoms with Gasteiger partial charge in [-0.15, -0.1) is 0 Å². The second-order valence-corrected chi connectivity index (χ2v) is 5.90. The summed E-state index contributed by atoms with van der Waals surface area (Å²) in [4.78, 5) is 12.7. The molecule has 21 heavy (non-hydrogen) atoms. The molecule has 2 unspecified atom stereocenters. The van der Waals surface area contributed by atoms with Gasteiger partial charge in [0.1, 0.15) is 5.82 Å². The highest BCUT2D eigenvalue weighted by Gasteiger charge is 2.45. The number of hydrogen-bond donors (Lipinski definition) is 2. The summed E-state index contributed by atoms with van der Waals surface area (Å²) in [5.74, 6) is -1.07. The number of ether oxygens (including phenoxy) is 1. The number of benzene rings is 1. The van der Waals surface area contributed by atoms with Crippen molar-refractivity contribution >= 4 is 11.7 Å². The molecule has 1 aromatic rings. The van der Waals surface area contributed by atoms with Crippen LogP contribution in [0.3, 0.4) is 0 Å². The van der Waals surface area contributed by atoms with Crippen LogP contribution in [0, 0.1) is 5.82 Å². The highest BCUT2D eigenvalue weighted by Crippen LogP contribution is 2.36. The van der Waals surface area contributed by atoms with E-state index < -0.39 is 5.97 Å². The van der Waals surface area contributed by atoms with Crippen molar-refractivity contribution < 1.29 is 19.0 Å². The third kappa shape index (κ3) is 3.33. The van der Waals surface area contributed by atoms with E-state index in [1.165, 1.54) is 12.1 Å². The maximum atomic E-state index is 13.2. The Hall–Kier alpha value is -1.66. The first-order chi connectivity index (χ1) is 10.0. The lowest BCUT2D eigenvalue weighted by Gasteiger charge is -2.23. The van der Waals surface area contributed by atoms with Gasteiger partial charge in [-0.1, -0.05) is 6.07 Å². The first-order valence-corrected chi connectivity index (χ1v) is 7.15. The zero-order valence-corrected chi connectivity index (χ0v) is 11.7. The lowest BCUT2D eigenvalue weighted by molar-refractivity contribution is -0.138. The molecule has 6 heteroatoms. The number of rotatable bonds is 4. The predicted molar refractivity (Wildman–Crippen MR) is 75.8 cm³/mol. The topological polar surface area (TPSA) is 61.8 Å². The Labute approximate surface area is 122 Å². The van der Waals surface area contributed by atoms with E-state index in [-0.39, 0.29) is 24.0 Å². The van der Waals surface area contributed by atoms with Gasteiger partial charge in [0.05, 0.1) is 24.8 Å². The summed E-state index contributed by atoms with van der Waals surface area (Å²) < 4.78 is 19.1. The van der Waals surface area contributed by atoms with Crippen LogP contribution in [0.2, 0.25) is 0 Å². The molecule has 2 aliphatic heterocycles. The van der Waals surface area contributed by atoms with E-state index in [9.17, 15) is 9.18 Å². The van der Waals surface area contributed by atoms with E-state index in [0.29, 0.717) is 13.2 Å². The third-order valence-electron chi connectivity index (χ3n) is 4.16. The molecule has 2 heterocycles. The molecule has 0 aromatic heterocycles. The van der Waals surface area contributed by atoms with Crippen LogP contribution >= 0.6 is 0 Å². The molecule has 1 aromatic carbocycles. The van der Waals surface area contributed by atoms with Crippen LogP contribution in [-0.4, -0.2) is 53.9 Å². The number of anilines is 1. The van der Waals surface area contributed by atoms with Crippen LogP contribution in [0.4, 0.5) is 10.1 Å². The number of nitrogens with one attached hydrogen (secondary N) is 1. The number of carboxylic acids is 1. The normalized spacial score (nSPS) is 29.1. The first kappa shape index (κ1) is 14.3. The van der Waals surface area contributed by atoms with Crippen LogP contribution in [-0.2, 0) is 9.53 Å². The van der Waals surface area contributed by atoms with Gasteiger partial charge in [0, 0.05) is 25.2 Å². The zero-order chi connectivity index (χ0) is 14.9. The Morgan fingerprint density at radius 1 is 1.57 bits per heavy atom. The van der Waals surface area contributed by atoms with Gasteiger partial charge in [0.15, 0.2) is 0 Å². The van der Waals surface area contributed by atoms with Gasteiger partial charge in [-0.2, -0.15) is 0 Å². The first-order valence-electron chi connectivity index (χ1n) is 7.15. The molecule has 1 spiro atoms. The minimum atomic E-state index is -0.806. The van der Waals surface area contributed by atoms with E-state index in [0.717, 1.165) is 25.1 Å². The maximum Gasteiger partial charge on any atom is 0.317 e. The fourth-order valence-corrected chi connectivity index (χ4v) is 3.29. The molecular formula is C15H19FN2O3. The van der Waals surface area contributed by atoms with E-state index >= 15 is 0 Å². The summed E-state index contributed by atoms with van der Waals surface area (Å²) in [5, 5.41) is 12.1. The molecule has 0 saturated carbocycles. The fourth-order valence-electron chi connectivity index (χ4n) is 3.29. The van der Waals surface area contributed by atoms with Gasteiger partial charge in [-0.25, -0.2) is 4.39 Å². The molecule has 0 amide bonds.